The second-order valence-electron chi connectivity index (χ2n) is 4.96. The van der Waals surface area contributed by atoms with E-state index in [0.717, 1.165) is 0 Å². The smallest absolute Gasteiger partial charge is 0.235 e. The maximum atomic E-state index is 12.1. The molecule has 1 saturated heterocycles. The lowest BCUT2D eigenvalue weighted by atomic mass is 9.83. The van der Waals surface area contributed by atoms with E-state index >= 15 is 0 Å². The zero-order valence-electron chi connectivity index (χ0n) is 11.0. The predicted molar refractivity (Wildman–Crippen MR) is 74.8 cm³/mol. The van der Waals surface area contributed by atoms with E-state index in [-0.39, 0.29) is 11.5 Å². The zero-order chi connectivity index (χ0) is 15.0. The topological polar surface area (TPSA) is 86.6 Å². The molecule has 0 spiro atoms. The van der Waals surface area contributed by atoms with Gasteiger partial charge in [0.05, 0.1) is 11.8 Å². The number of aromatic hydroxyl groups is 2. The first-order valence-corrected chi connectivity index (χ1v) is 6.49. The average molecular weight is 283 g/mol. The van der Waals surface area contributed by atoms with Gasteiger partial charge in [-0.1, -0.05) is 30.3 Å². The van der Waals surface area contributed by atoms with E-state index in [1.165, 1.54) is 18.2 Å². The van der Waals surface area contributed by atoms with Gasteiger partial charge in [-0.15, -0.1) is 0 Å². The molecule has 21 heavy (non-hydrogen) atoms. The fourth-order valence-electron chi connectivity index (χ4n) is 2.68. The molecule has 0 aliphatic carbocycles. The standard InChI is InChI=1S/C16H13NO4/c18-10-7-5-9(6-8-10)13-14(16(21)17-15(13)20)11-3-1-2-4-12(11)19/h1-8,13-14,18-19H,(H,17,20,21)/t13-,14+/m0/s1. The Bertz CT molecular complexity index is 708. The van der Waals surface area contributed by atoms with Crippen LogP contribution in [0.25, 0.3) is 0 Å². The van der Waals surface area contributed by atoms with Gasteiger partial charge in [-0.3, -0.25) is 14.9 Å². The van der Waals surface area contributed by atoms with Gasteiger partial charge in [-0.2, -0.15) is 0 Å². The lowest BCUT2D eigenvalue weighted by Crippen LogP contribution is -2.21. The number of benzene rings is 2. The third-order valence-electron chi connectivity index (χ3n) is 3.67. The first-order chi connectivity index (χ1) is 10.1. The first-order valence-electron chi connectivity index (χ1n) is 6.49. The first kappa shape index (κ1) is 13.2. The Morgan fingerprint density at radius 3 is 2.10 bits per heavy atom. The van der Waals surface area contributed by atoms with Gasteiger partial charge in [-0.25, -0.2) is 0 Å². The highest BCUT2D eigenvalue weighted by Gasteiger charge is 2.44. The molecule has 0 aromatic heterocycles. The summed E-state index contributed by atoms with van der Waals surface area (Å²) in [4.78, 5) is 24.2. The van der Waals surface area contributed by atoms with Gasteiger partial charge in [0.1, 0.15) is 11.5 Å². The summed E-state index contributed by atoms with van der Waals surface area (Å²) in [5.41, 5.74) is 1.03. The second kappa shape index (κ2) is 4.94. The Labute approximate surface area is 120 Å². The molecule has 2 aromatic carbocycles. The van der Waals surface area contributed by atoms with E-state index in [1.807, 2.05) is 0 Å². The molecule has 2 aromatic rings. The van der Waals surface area contributed by atoms with Gasteiger partial charge in [0.15, 0.2) is 0 Å². The molecular weight excluding hydrogens is 270 g/mol. The van der Waals surface area contributed by atoms with Crippen LogP contribution in [0.2, 0.25) is 0 Å². The molecule has 2 atom stereocenters. The lowest BCUT2D eigenvalue weighted by molar-refractivity contribution is -0.125. The Hall–Kier alpha value is -2.82. The van der Waals surface area contributed by atoms with Gasteiger partial charge in [0, 0.05) is 5.56 Å². The number of para-hydroxylation sites is 1. The third kappa shape index (κ3) is 2.23. The summed E-state index contributed by atoms with van der Waals surface area (Å²) >= 11 is 0. The van der Waals surface area contributed by atoms with E-state index in [0.29, 0.717) is 11.1 Å². The van der Waals surface area contributed by atoms with Crippen molar-refractivity contribution in [3.63, 3.8) is 0 Å². The van der Waals surface area contributed by atoms with Gasteiger partial charge < -0.3 is 10.2 Å². The number of hydrogen-bond acceptors (Lipinski definition) is 4. The van der Waals surface area contributed by atoms with Crippen LogP contribution in [-0.4, -0.2) is 22.0 Å². The van der Waals surface area contributed by atoms with Crippen molar-refractivity contribution in [2.24, 2.45) is 0 Å². The summed E-state index contributed by atoms with van der Waals surface area (Å²) in [7, 11) is 0. The number of hydrogen-bond donors (Lipinski definition) is 3. The summed E-state index contributed by atoms with van der Waals surface area (Å²) in [5, 5.41) is 21.6. The summed E-state index contributed by atoms with van der Waals surface area (Å²) < 4.78 is 0. The predicted octanol–water partition coefficient (Wildman–Crippen LogP) is 1.62. The molecule has 5 nitrogen and oxygen atoms in total. The largest absolute Gasteiger partial charge is 0.508 e. The average Bonchev–Trinajstić information content (AvgIpc) is 2.75. The van der Waals surface area contributed by atoms with Crippen LogP contribution in [0, 0.1) is 0 Å². The SMILES string of the molecule is O=C1NC(=O)[C@@H](c2ccc(O)cc2)[C@H]1c1ccccc1O. The minimum Gasteiger partial charge on any atom is -0.508 e. The van der Waals surface area contributed by atoms with Crippen LogP contribution in [0.1, 0.15) is 23.0 Å². The van der Waals surface area contributed by atoms with Gasteiger partial charge in [-0.05, 0) is 23.8 Å². The van der Waals surface area contributed by atoms with Crippen LogP contribution in [-0.2, 0) is 9.59 Å². The number of phenols is 2. The van der Waals surface area contributed by atoms with Crippen molar-refractivity contribution < 1.29 is 19.8 Å². The van der Waals surface area contributed by atoms with Crippen LogP contribution in [0.5, 0.6) is 11.5 Å². The summed E-state index contributed by atoms with van der Waals surface area (Å²) in [6, 6.07) is 12.6. The van der Waals surface area contributed by atoms with Gasteiger partial charge >= 0.3 is 0 Å². The number of rotatable bonds is 2. The van der Waals surface area contributed by atoms with E-state index in [4.69, 9.17) is 0 Å². The molecule has 0 saturated carbocycles. The van der Waals surface area contributed by atoms with Crippen molar-refractivity contribution in [1.82, 2.24) is 5.32 Å². The Balaban J connectivity index is 2.08. The Morgan fingerprint density at radius 2 is 1.43 bits per heavy atom. The van der Waals surface area contributed by atoms with Crippen molar-refractivity contribution in [2.45, 2.75) is 11.8 Å². The molecule has 106 valence electrons. The number of amides is 2. The molecule has 3 rings (SSSR count). The molecule has 0 radical (unpaired) electrons. The van der Waals surface area contributed by atoms with E-state index in [9.17, 15) is 19.8 Å². The summed E-state index contributed by atoms with van der Waals surface area (Å²) in [6.45, 7) is 0. The molecular formula is C16H13NO4. The van der Waals surface area contributed by atoms with Crippen LogP contribution in [0.3, 0.4) is 0 Å². The fourth-order valence-corrected chi connectivity index (χ4v) is 2.68. The normalized spacial score (nSPS) is 21.3. The third-order valence-corrected chi connectivity index (χ3v) is 3.67. The summed E-state index contributed by atoms with van der Waals surface area (Å²) in [5.74, 6) is -2.26. The van der Waals surface area contributed by atoms with E-state index in [1.54, 1.807) is 30.3 Å². The maximum absolute atomic E-state index is 12.1. The number of carbonyl (C=O) groups excluding carboxylic acids is 2. The second-order valence-corrected chi connectivity index (χ2v) is 4.96. The highest BCUT2D eigenvalue weighted by Crippen LogP contribution is 2.41. The highest BCUT2D eigenvalue weighted by molar-refractivity contribution is 6.10. The molecule has 5 heteroatoms. The number of carbonyl (C=O) groups is 2. The maximum Gasteiger partial charge on any atom is 0.235 e. The highest BCUT2D eigenvalue weighted by atomic mass is 16.3. The fraction of sp³-hybridized carbons (Fsp3) is 0.125. The molecule has 3 N–H and O–H groups in total. The van der Waals surface area contributed by atoms with E-state index in [2.05, 4.69) is 5.32 Å². The van der Waals surface area contributed by atoms with Gasteiger partial charge in [0.25, 0.3) is 0 Å². The Morgan fingerprint density at radius 1 is 0.810 bits per heavy atom. The lowest BCUT2D eigenvalue weighted by Gasteiger charge is -2.17. The molecule has 0 bridgehead atoms. The van der Waals surface area contributed by atoms with Crippen molar-refractivity contribution in [3.05, 3.63) is 59.7 Å². The van der Waals surface area contributed by atoms with Crippen LogP contribution >= 0.6 is 0 Å². The molecule has 0 unspecified atom stereocenters. The molecule has 1 fully saturated rings. The number of phenolic OH excluding ortho intramolecular Hbond substituents is 2. The van der Waals surface area contributed by atoms with Gasteiger partial charge in [0.2, 0.25) is 11.8 Å². The van der Waals surface area contributed by atoms with Crippen molar-refractivity contribution in [1.29, 1.82) is 0 Å². The number of nitrogens with one attached hydrogen (secondary N) is 1. The summed E-state index contributed by atoms with van der Waals surface area (Å²) in [6.07, 6.45) is 0. The van der Waals surface area contributed by atoms with Crippen molar-refractivity contribution in [2.75, 3.05) is 0 Å². The quantitative estimate of drug-likeness (QED) is 0.731. The van der Waals surface area contributed by atoms with Crippen LogP contribution < -0.4 is 5.32 Å². The minimum absolute atomic E-state index is 0.0175. The molecule has 1 heterocycles. The van der Waals surface area contributed by atoms with E-state index < -0.39 is 23.7 Å². The van der Waals surface area contributed by atoms with Crippen LogP contribution in [0.15, 0.2) is 48.5 Å². The van der Waals surface area contributed by atoms with Crippen LogP contribution in [0.4, 0.5) is 0 Å². The molecule has 1 aliphatic rings. The Kier molecular flexibility index (Phi) is 3.10. The monoisotopic (exact) mass is 283 g/mol. The van der Waals surface area contributed by atoms with Crippen molar-refractivity contribution >= 4 is 11.8 Å². The number of imide groups is 1. The molecule has 1 aliphatic heterocycles. The molecule has 2 amide bonds. The zero-order valence-corrected chi connectivity index (χ0v) is 11.0. The minimum atomic E-state index is -0.775. The van der Waals surface area contributed by atoms with Crippen molar-refractivity contribution in [3.8, 4) is 11.5 Å².